The van der Waals surface area contributed by atoms with Gasteiger partial charge in [0.05, 0.1) is 11.9 Å². The predicted molar refractivity (Wildman–Crippen MR) is 140 cm³/mol. The highest BCUT2D eigenvalue weighted by molar-refractivity contribution is 5.56. The Balaban J connectivity index is 1.40. The van der Waals surface area contributed by atoms with E-state index >= 15 is 0 Å². The molecule has 0 unspecified atom stereocenters. The Bertz CT molecular complexity index is 1070. The number of unbranched alkanes of at least 4 members (excludes halogenated alkanes) is 1. The van der Waals surface area contributed by atoms with Crippen LogP contribution < -0.4 is 9.47 Å². The van der Waals surface area contributed by atoms with E-state index in [1.165, 1.54) is 61.8 Å². The van der Waals surface area contributed by atoms with Gasteiger partial charge in [-0.1, -0.05) is 75.4 Å². The summed E-state index contributed by atoms with van der Waals surface area (Å²) in [4.78, 5) is 7.55. The van der Waals surface area contributed by atoms with Crippen molar-refractivity contribution in [1.82, 2.24) is 14.5 Å². The van der Waals surface area contributed by atoms with Gasteiger partial charge in [0, 0.05) is 31.7 Å². The maximum Gasteiger partial charge on any atom is 0.231 e. The summed E-state index contributed by atoms with van der Waals surface area (Å²) in [6.07, 6.45) is 12.7. The lowest BCUT2D eigenvalue weighted by Crippen LogP contribution is -2.30. The third kappa shape index (κ3) is 6.07. The Labute approximate surface area is 210 Å². The standard InChI is InChI=1S/C30H39N3O2/c1-2-3-17-33-27(19-31-30(33)26-13-9-6-10-14-26)22-32(20-24-11-7-4-5-8-12-24)21-25-15-16-28-29(18-25)35-23-34-28/h6,9-10,13-16,18-19,24H,2-5,7-8,11-12,17,20-23H2,1H3. The lowest BCUT2D eigenvalue weighted by molar-refractivity contribution is 0.173. The highest BCUT2D eigenvalue weighted by atomic mass is 16.7. The van der Waals surface area contributed by atoms with Crippen molar-refractivity contribution in [3.05, 3.63) is 66.0 Å². The third-order valence-corrected chi connectivity index (χ3v) is 7.43. The van der Waals surface area contributed by atoms with Crippen LogP contribution in [0.15, 0.2) is 54.7 Å². The minimum absolute atomic E-state index is 0.323. The summed E-state index contributed by atoms with van der Waals surface area (Å²) in [5.41, 5.74) is 3.79. The Morgan fingerprint density at radius 2 is 1.74 bits per heavy atom. The van der Waals surface area contributed by atoms with Crippen LogP contribution in [-0.4, -0.2) is 27.8 Å². The molecule has 1 aliphatic heterocycles. The van der Waals surface area contributed by atoms with Gasteiger partial charge in [-0.25, -0.2) is 4.98 Å². The lowest BCUT2D eigenvalue weighted by Gasteiger charge is -2.28. The summed E-state index contributed by atoms with van der Waals surface area (Å²) in [6, 6.07) is 17.0. The van der Waals surface area contributed by atoms with Crippen LogP contribution >= 0.6 is 0 Å². The van der Waals surface area contributed by atoms with Crippen LogP contribution in [0.4, 0.5) is 0 Å². The molecule has 1 saturated carbocycles. The van der Waals surface area contributed by atoms with Crippen molar-refractivity contribution in [3.8, 4) is 22.9 Å². The fraction of sp³-hybridized carbons (Fsp3) is 0.500. The number of hydrogen-bond donors (Lipinski definition) is 0. The number of nitrogens with zero attached hydrogens (tertiary/aromatic N) is 3. The molecule has 1 aromatic heterocycles. The molecule has 2 aliphatic rings. The highest BCUT2D eigenvalue weighted by Gasteiger charge is 2.21. The lowest BCUT2D eigenvalue weighted by atomic mass is 9.99. The Kier molecular flexibility index (Phi) is 8.04. The summed E-state index contributed by atoms with van der Waals surface area (Å²) >= 11 is 0. The summed E-state index contributed by atoms with van der Waals surface area (Å²) in [5.74, 6) is 3.59. The summed E-state index contributed by atoms with van der Waals surface area (Å²) in [7, 11) is 0. The zero-order valence-electron chi connectivity index (χ0n) is 21.1. The quantitative estimate of drug-likeness (QED) is 0.296. The molecule has 5 rings (SSSR count). The molecule has 186 valence electrons. The summed E-state index contributed by atoms with van der Waals surface area (Å²) < 4.78 is 13.7. The van der Waals surface area contributed by atoms with E-state index in [9.17, 15) is 0 Å². The second kappa shape index (κ2) is 11.8. The molecule has 1 fully saturated rings. The van der Waals surface area contributed by atoms with E-state index in [4.69, 9.17) is 14.5 Å². The molecule has 0 atom stereocenters. The van der Waals surface area contributed by atoms with E-state index in [0.29, 0.717) is 6.79 Å². The summed E-state index contributed by atoms with van der Waals surface area (Å²) in [5, 5.41) is 0. The number of ether oxygens (including phenoxy) is 2. The van der Waals surface area contributed by atoms with Crippen molar-refractivity contribution in [2.75, 3.05) is 13.3 Å². The molecule has 0 spiro atoms. The zero-order chi connectivity index (χ0) is 23.9. The molecule has 5 nitrogen and oxygen atoms in total. The topological polar surface area (TPSA) is 39.5 Å². The molecular weight excluding hydrogens is 434 g/mol. The molecule has 3 aromatic rings. The minimum Gasteiger partial charge on any atom is -0.454 e. The van der Waals surface area contributed by atoms with Gasteiger partial charge in [-0.05, 0) is 42.9 Å². The van der Waals surface area contributed by atoms with Crippen LogP contribution in [0.1, 0.15) is 69.5 Å². The Morgan fingerprint density at radius 3 is 2.54 bits per heavy atom. The number of hydrogen-bond acceptors (Lipinski definition) is 4. The van der Waals surface area contributed by atoms with Gasteiger partial charge in [0.25, 0.3) is 0 Å². The van der Waals surface area contributed by atoms with E-state index in [0.717, 1.165) is 55.8 Å². The first-order valence-corrected chi connectivity index (χ1v) is 13.5. The average molecular weight is 474 g/mol. The first-order chi connectivity index (χ1) is 17.3. The molecule has 2 aromatic carbocycles. The molecule has 1 aliphatic carbocycles. The Morgan fingerprint density at radius 1 is 0.943 bits per heavy atom. The second-order valence-corrected chi connectivity index (χ2v) is 10.2. The van der Waals surface area contributed by atoms with Gasteiger partial charge in [0.1, 0.15) is 5.82 Å². The number of rotatable bonds is 10. The average Bonchev–Trinajstić information content (AvgIpc) is 3.43. The van der Waals surface area contributed by atoms with E-state index in [1.807, 2.05) is 0 Å². The number of aromatic nitrogens is 2. The molecule has 0 bridgehead atoms. The van der Waals surface area contributed by atoms with Crippen LogP contribution in [0.3, 0.4) is 0 Å². The van der Waals surface area contributed by atoms with Crippen molar-refractivity contribution < 1.29 is 9.47 Å². The monoisotopic (exact) mass is 473 g/mol. The van der Waals surface area contributed by atoms with E-state index < -0.39 is 0 Å². The zero-order valence-corrected chi connectivity index (χ0v) is 21.1. The van der Waals surface area contributed by atoms with E-state index in [-0.39, 0.29) is 0 Å². The molecule has 5 heteroatoms. The molecule has 0 saturated heterocycles. The van der Waals surface area contributed by atoms with Crippen molar-refractivity contribution in [2.45, 2.75) is 77.9 Å². The first-order valence-electron chi connectivity index (χ1n) is 13.5. The molecular formula is C30H39N3O2. The SMILES string of the molecule is CCCCn1c(CN(Cc2ccc3c(c2)OCO3)CC2CCCCCC2)cnc1-c1ccccc1. The van der Waals surface area contributed by atoms with Crippen molar-refractivity contribution in [3.63, 3.8) is 0 Å². The van der Waals surface area contributed by atoms with Crippen LogP contribution in [0.5, 0.6) is 11.5 Å². The van der Waals surface area contributed by atoms with Gasteiger partial charge in [-0.15, -0.1) is 0 Å². The molecule has 0 amide bonds. The van der Waals surface area contributed by atoms with Gasteiger partial charge in [0.15, 0.2) is 11.5 Å². The van der Waals surface area contributed by atoms with Gasteiger partial charge in [0.2, 0.25) is 6.79 Å². The van der Waals surface area contributed by atoms with Crippen molar-refractivity contribution >= 4 is 0 Å². The molecule has 0 N–H and O–H groups in total. The maximum absolute atomic E-state index is 5.67. The van der Waals surface area contributed by atoms with E-state index in [1.54, 1.807) is 0 Å². The minimum atomic E-state index is 0.323. The molecule has 0 radical (unpaired) electrons. The van der Waals surface area contributed by atoms with Crippen molar-refractivity contribution in [2.24, 2.45) is 5.92 Å². The van der Waals surface area contributed by atoms with Crippen LogP contribution in [0.25, 0.3) is 11.4 Å². The largest absolute Gasteiger partial charge is 0.454 e. The highest BCUT2D eigenvalue weighted by Crippen LogP contribution is 2.33. The first kappa shape index (κ1) is 23.9. The third-order valence-electron chi connectivity index (χ3n) is 7.43. The normalized spacial score (nSPS) is 16.1. The second-order valence-electron chi connectivity index (χ2n) is 10.2. The molecule has 35 heavy (non-hydrogen) atoms. The maximum atomic E-state index is 5.67. The number of benzene rings is 2. The van der Waals surface area contributed by atoms with Gasteiger partial charge in [-0.3, -0.25) is 4.90 Å². The van der Waals surface area contributed by atoms with Crippen LogP contribution in [0, 0.1) is 5.92 Å². The number of fused-ring (bicyclic) bond motifs is 1. The van der Waals surface area contributed by atoms with E-state index in [2.05, 4.69) is 71.1 Å². The van der Waals surface area contributed by atoms with Gasteiger partial charge >= 0.3 is 0 Å². The predicted octanol–water partition coefficient (Wildman–Crippen LogP) is 7.05. The van der Waals surface area contributed by atoms with Crippen LogP contribution in [0.2, 0.25) is 0 Å². The fourth-order valence-corrected chi connectivity index (χ4v) is 5.54. The van der Waals surface area contributed by atoms with Gasteiger partial charge in [-0.2, -0.15) is 0 Å². The summed E-state index contributed by atoms with van der Waals surface area (Å²) in [6.45, 7) is 6.55. The fourth-order valence-electron chi connectivity index (χ4n) is 5.54. The van der Waals surface area contributed by atoms with Gasteiger partial charge < -0.3 is 14.0 Å². The smallest absolute Gasteiger partial charge is 0.231 e. The Hall–Kier alpha value is -2.79. The van der Waals surface area contributed by atoms with Crippen molar-refractivity contribution in [1.29, 1.82) is 0 Å². The molecule has 2 heterocycles. The van der Waals surface area contributed by atoms with Crippen LogP contribution in [-0.2, 0) is 19.6 Å². The number of imidazole rings is 1.